The van der Waals surface area contributed by atoms with Crippen LogP contribution in [0.4, 0.5) is 0 Å². The van der Waals surface area contributed by atoms with Crippen molar-refractivity contribution in [3.05, 3.63) is 36.4 Å². The molecule has 1 aliphatic heterocycles. The summed E-state index contributed by atoms with van der Waals surface area (Å²) < 4.78 is 34.0. The highest BCUT2D eigenvalue weighted by Crippen LogP contribution is 2.23. The molecule has 0 amide bonds. The minimum Gasteiger partial charge on any atom is -0.494 e. The molecule has 0 atom stereocenters. The van der Waals surface area contributed by atoms with Gasteiger partial charge in [-0.05, 0) is 41.5 Å². The zero-order valence-corrected chi connectivity index (χ0v) is 14.3. The lowest BCUT2D eigenvalue weighted by Gasteiger charge is -2.26. The summed E-state index contributed by atoms with van der Waals surface area (Å²) >= 11 is 0. The van der Waals surface area contributed by atoms with Gasteiger partial charge in [0, 0.05) is 19.6 Å². The smallest absolute Gasteiger partial charge is 0.238 e. The van der Waals surface area contributed by atoms with Crippen molar-refractivity contribution in [3.63, 3.8) is 0 Å². The van der Waals surface area contributed by atoms with Crippen LogP contribution in [0.3, 0.4) is 0 Å². The lowest BCUT2D eigenvalue weighted by Crippen LogP contribution is -2.37. The quantitative estimate of drug-likeness (QED) is 0.800. The SMILES string of the molecule is NS(=O)(=O)c1ccc2ccc(OCCCN3CCOCC3)cc2c1. The first kappa shape index (κ1) is 17.2. The average molecular weight is 350 g/mol. The highest BCUT2D eigenvalue weighted by atomic mass is 32.2. The molecule has 130 valence electrons. The van der Waals surface area contributed by atoms with Gasteiger partial charge in [0.2, 0.25) is 10.0 Å². The molecule has 1 heterocycles. The molecular formula is C17H22N2O4S. The molecule has 3 rings (SSSR count). The monoisotopic (exact) mass is 350 g/mol. The molecule has 6 nitrogen and oxygen atoms in total. The van der Waals surface area contributed by atoms with Crippen LogP contribution in [0.1, 0.15) is 6.42 Å². The van der Waals surface area contributed by atoms with E-state index in [0.717, 1.165) is 55.8 Å². The van der Waals surface area contributed by atoms with Gasteiger partial charge in [0.05, 0.1) is 24.7 Å². The average Bonchev–Trinajstić information content (AvgIpc) is 2.58. The molecular weight excluding hydrogens is 328 g/mol. The van der Waals surface area contributed by atoms with Gasteiger partial charge >= 0.3 is 0 Å². The molecule has 0 unspecified atom stereocenters. The second kappa shape index (κ2) is 7.48. The number of nitrogens with zero attached hydrogens (tertiary/aromatic N) is 1. The van der Waals surface area contributed by atoms with Crippen LogP contribution >= 0.6 is 0 Å². The van der Waals surface area contributed by atoms with E-state index < -0.39 is 10.0 Å². The first-order valence-corrected chi connectivity index (χ1v) is 9.56. The summed E-state index contributed by atoms with van der Waals surface area (Å²) in [6.45, 7) is 5.18. The molecule has 0 bridgehead atoms. The largest absolute Gasteiger partial charge is 0.494 e. The van der Waals surface area contributed by atoms with Crippen molar-refractivity contribution in [1.29, 1.82) is 0 Å². The molecule has 1 aliphatic rings. The first-order valence-electron chi connectivity index (χ1n) is 8.02. The minimum absolute atomic E-state index is 0.111. The number of morpholine rings is 1. The molecule has 0 aromatic heterocycles. The van der Waals surface area contributed by atoms with Crippen LogP contribution in [-0.2, 0) is 14.8 Å². The lowest BCUT2D eigenvalue weighted by molar-refractivity contribution is 0.0358. The second-order valence-electron chi connectivity index (χ2n) is 5.87. The molecule has 24 heavy (non-hydrogen) atoms. The second-order valence-corrected chi connectivity index (χ2v) is 7.43. The van der Waals surface area contributed by atoms with Crippen molar-refractivity contribution in [3.8, 4) is 5.75 Å². The molecule has 7 heteroatoms. The Hall–Kier alpha value is -1.67. The molecule has 2 aromatic rings. The van der Waals surface area contributed by atoms with Gasteiger partial charge in [0.15, 0.2) is 0 Å². The van der Waals surface area contributed by atoms with Gasteiger partial charge in [-0.1, -0.05) is 12.1 Å². The summed E-state index contributed by atoms with van der Waals surface area (Å²) in [7, 11) is -3.70. The van der Waals surface area contributed by atoms with Crippen molar-refractivity contribution in [2.45, 2.75) is 11.3 Å². The molecule has 0 radical (unpaired) electrons. The van der Waals surface area contributed by atoms with E-state index >= 15 is 0 Å². The van der Waals surface area contributed by atoms with Crippen molar-refractivity contribution in [1.82, 2.24) is 4.90 Å². The lowest BCUT2D eigenvalue weighted by atomic mass is 10.1. The van der Waals surface area contributed by atoms with Crippen LogP contribution in [0.5, 0.6) is 5.75 Å². The van der Waals surface area contributed by atoms with Gasteiger partial charge in [0.25, 0.3) is 0 Å². The maximum atomic E-state index is 11.5. The van der Waals surface area contributed by atoms with Crippen molar-refractivity contribution in [2.24, 2.45) is 5.14 Å². The van der Waals surface area contributed by atoms with Gasteiger partial charge in [-0.15, -0.1) is 0 Å². The van der Waals surface area contributed by atoms with Crippen LogP contribution < -0.4 is 9.88 Å². The molecule has 0 saturated carbocycles. The standard InChI is InChI=1S/C17H22N2O4S/c18-24(20,21)17-5-3-14-2-4-16(12-15(14)13-17)23-9-1-6-19-7-10-22-11-8-19/h2-5,12-13H,1,6-11H2,(H2,18,20,21). The van der Waals surface area contributed by atoms with Crippen LogP contribution in [-0.4, -0.2) is 52.8 Å². The summed E-state index contributed by atoms with van der Waals surface area (Å²) in [5.41, 5.74) is 0. The summed E-state index contributed by atoms with van der Waals surface area (Å²) in [5.74, 6) is 0.732. The summed E-state index contributed by atoms with van der Waals surface area (Å²) in [6.07, 6.45) is 0.940. The Kier molecular flexibility index (Phi) is 5.35. The van der Waals surface area contributed by atoms with Gasteiger partial charge in [-0.25, -0.2) is 13.6 Å². The molecule has 2 N–H and O–H groups in total. The Bertz CT molecular complexity index is 801. The Balaban J connectivity index is 1.60. The Morgan fingerprint density at radius 3 is 2.58 bits per heavy atom. The fraction of sp³-hybridized carbons (Fsp3) is 0.412. The Morgan fingerprint density at radius 2 is 1.83 bits per heavy atom. The third-order valence-corrected chi connectivity index (χ3v) is 5.01. The number of sulfonamides is 1. The van der Waals surface area contributed by atoms with Gasteiger partial charge in [-0.3, -0.25) is 4.90 Å². The first-order chi connectivity index (χ1) is 11.5. The van der Waals surface area contributed by atoms with Crippen molar-refractivity contribution in [2.75, 3.05) is 39.5 Å². The zero-order valence-electron chi connectivity index (χ0n) is 13.5. The predicted molar refractivity (Wildman–Crippen MR) is 92.7 cm³/mol. The van der Waals surface area contributed by atoms with E-state index in [1.54, 1.807) is 12.1 Å². The van der Waals surface area contributed by atoms with Crippen LogP contribution in [0.2, 0.25) is 0 Å². The number of rotatable bonds is 6. The topological polar surface area (TPSA) is 81.9 Å². The van der Waals surface area contributed by atoms with E-state index in [4.69, 9.17) is 14.6 Å². The van der Waals surface area contributed by atoms with Crippen LogP contribution in [0, 0.1) is 0 Å². The van der Waals surface area contributed by atoms with Crippen LogP contribution in [0.15, 0.2) is 41.3 Å². The molecule has 0 spiro atoms. The third-order valence-electron chi connectivity index (χ3n) is 4.10. The summed E-state index contributed by atoms with van der Waals surface area (Å²) in [5, 5.41) is 6.93. The highest BCUT2D eigenvalue weighted by molar-refractivity contribution is 7.89. The fourth-order valence-corrected chi connectivity index (χ4v) is 3.32. The number of nitrogens with two attached hydrogens (primary N) is 1. The van der Waals surface area contributed by atoms with Gasteiger partial charge in [0.1, 0.15) is 5.75 Å². The molecule has 2 aromatic carbocycles. The number of benzene rings is 2. The van der Waals surface area contributed by atoms with Crippen molar-refractivity contribution >= 4 is 20.8 Å². The van der Waals surface area contributed by atoms with E-state index in [2.05, 4.69) is 4.90 Å². The fourth-order valence-electron chi connectivity index (χ4n) is 2.77. The van der Waals surface area contributed by atoms with E-state index in [9.17, 15) is 8.42 Å². The van der Waals surface area contributed by atoms with E-state index in [0.29, 0.717) is 6.61 Å². The number of primary sulfonamides is 1. The Labute approximate surface area is 142 Å². The number of hydrogen-bond donors (Lipinski definition) is 1. The van der Waals surface area contributed by atoms with E-state index in [1.165, 1.54) is 6.07 Å². The van der Waals surface area contributed by atoms with E-state index in [-0.39, 0.29) is 4.90 Å². The highest BCUT2D eigenvalue weighted by Gasteiger charge is 2.10. The molecule has 1 saturated heterocycles. The van der Waals surface area contributed by atoms with Gasteiger partial charge < -0.3 is 9.47 Å². The third kappa shape index (κ3) is 4.45. The minimum atomic E-state index is -3.70. The Morgan fingerprint density at radius 1 is 1.08 bits per heavy atom. The molecule has 0 aliphatic carbocycles. The van der Waals surface area contributed by atoms with E-state index in [1.807, 2.05) is 18.2 Å². The molecule has 1 fully saturated rings. The number of fused-ring (bicyclic) bond motifs is 1. The summed E-state index contributed by atoms with van der Waals surface area (Å²) in [6, 6.07) is 10.5. The normalized spacial score (nSPS) is 16.4. The number of ether oxygens (including phenoxy) is 2. The number of hydrogen-bond acceptors (Lipinski definition) is 5. The maximum Gasteiger partial charge on any atom is 0.238 e. The zero-order chi connectivity index (χ0) is 17.0. The maximum absolute atomic E-state index is 11.5. The van der Waals surface area contributed by atoms with Crippen LogP contribution in [0.25, 0.3) is 10.8 Å². The van der Waals surface area contributed by atoms with Gasteiger partial charge in [-0.2, -0.15) is 0 Å². The summed E-state index contributed by atoms with van der Waals surface area (Å²) in [4.78, 5) is 2.48. The van der Waals surface area contributed by atoms with Crippen molar-refractivity contribution < 1.29 is 17.9 Å². The predicted octanol–water partition coefficient (Wildman–Crippen LogP) is 1.59.